The van der Waals surface area contributed by atoms with Gasteiger partial charge in [0.1, 0.15) is 10.7 Å². The van der Waals surface area contributed by atoms with Crippen LogP contribution in [0.4, 0.5) is 4.39 Å². The van der Waals surface area contributed by atoms with Crippen LogP contribution in [0.25, 0.3) is 16.6 Å². The van der Waals surface area contributed by atoms with Gasteiger partial charge in [-0.3, -0.25) is 4.68 Å². The number of aromatic nitrogens is 4. The molecule has 192 valence electrons. The zero-order valence-electron chi connectivity index (χ0n) is 21.0. The molecule has 1 saturated carbocycles. The number of benzene rings is 3. The lowest BCUT2D eigenvalue weighted by atomic mass is 9.87. The number of sulfonamides is 1. The normalized spacial score (nSPS) is 23.1. The summed E-state index contributed by atoms with van der Waals surface area (Å²) in [5, 5.41) is 9.64. The molecule has 7 rings (SSSR count). The van der Waals surface area contributed by atoms with Crippen LogP contribution < -0.4 is 0 Å². The molecular formula is C29H26FN5O2S. The summed E-state index contributed by atoms with van der Waals surface area (Å²) in [6.45, 7) is 2.96. The Labute approximate surface area is 220 Å². The second-order valence-corrected chi connectivity index (χ2v) is 12.4. The minimum Gasteiger partial charge on any atom is -0.274 e. The Hall–Kier alpha value is -3.82. The van der Waals surface area contributed by atoms with Crippen molar-refractivity contribution in [2.75, 3.05) is 13.1 Å². The largest absolute Gasteiger partial charge is 0.274 e. The Morgan fingerprint density at radius 3 is 2.47 bits per heavy atom. The molecule has 1 aliphatic carbocycles. The van der Waals surface area contributed by atoms with Crippen molar-refractivity contribution in [2.24, 2.45) is 13.0 Å². The highest BCUT2D eigenvalue weighted by Crippen LogP contribution is 2.70. The van der Waals surface area contributed by atoms with Crippen LogP contribution in [0.1, 0.15) is 22.6 Å². The highest BCUT2D eigenvalue weighted by Gasteiger charge is 2.71. The predicted molar refractivity (Wildman–Crippen MR) is 142 cm³/mol. The first kappa shape index (κ1) is 23.3. The van der Waals surface area contributed by atoms with Gasteiger partial charge in [0, 0.05) is 43.1 Å². The molecule has 0 N–H and O–H groups in total. The Balaban J connectivity index is 1.33. The number of nitrogens with zero attached hydrogens (tertiary/aromatic N) is 5. The molecule has 0 unspecified atom stereocenters. The molecule has 7 nitrogen and oxygen atoms in total. The van der Waals surface area contributed by atoms with E-state index in [-0.39, 0.29) is 28.0 Å². The topological polar surface area (TPSA) is 73.0 Å². The van der Waals surface area contributed by atoms with Gasteiger partial charge in [-0.05, 0) is 65.9 Å². The van der Waals surface area contributed by atoms with E-state index >= 15 is 0 Å². The Kier molecular flexibility index (Phi) is 4.96. The van der Waals surface area contributed by atoms with Crippen LogP contribution in [0.5, 0.6) is 0 Å². The summed E-state index contributed by atoms with van der Waals surface area (Å²) in [4.78, 5) is 0.223. The SMILES string of the molecule is Cc1cc2c(cnn2-c2ccc(F)cc2)cc1[C@]12CN(S(=O)(=O)c3cnn(C)c3)C[C@H]1[C@@H]2c1ccccc1. The molecule has 0 bridgehead atoms. The molecule has 1 saturated heterocycles. The minimum absolute atomic E-state index is 0.166. The van der Waals surface area contributed by atoms with Crippen LogP contribution in [0, 0.1) is 18.7 Å². The van der Waals surface area contributed by atoms with Crippen molar-refractivity contribution in [1.29, 1.82) is 0 Å². The van der Waals surface area contributed by atoms with Gasteiger partial charge in [-0.2, -0.15) is 14.5 Å². The molecule has 0 spiro atoms. The maximum absolute atomic E-state index is 13.5. The third kappa shape index (κ3) is 3.31. The van der Waals surface area contributed by atoms with Crippen LogP contribution in [-0.4, -0.2) is 45.4 Å². The third-order valence-corrected chi connectivity index (χ3v) is 10.1. The van der Waals surface area contributed by atoms with E-state index in [0.717, 1.165) is 27.7 Å². The Bertz CT molecular complexity index is 1800. The van der Waals surface area contributed by atoms with E-state index in [2.05, 4.69) is 41.4 Å². The molecule has 0 radical (unpaired) electrons. The monoisotopic (exact) mass is 527 g/mol. The van der Waals surface area contributed by atoms with Gasteiger partial charge in [-0.25, -0.2) is 17.5 Å². The van der Waals surface area contributed by atoms with Gasteiger partial charge in [0.2, 0.25) is 10.0 Å². The number of halogens is 1. The van der Waals surface area contributed by atoms with Crippen LogP contribution in [0.2, 0.25) is 0 Å². The van der Waals surface area contributed by atoms with Gasteiger partial charge in [0.05, 0.1) is 23.6 Å². The van der Waals surface area contributed by atoms with Crippen LogP contribution in [-0.2, 0) is 22.5 Å². The molecule has 5 aromatic rings. The second-order valence-electron chi connectivity index (χ2n) is 10.4. The summed E-state index contributed by atoms with van der Waals surface area (Å²) in [5.74, 6) is 0.105. The smallest absolute Gasteiger partial charge is 0.246 e. The van der Waals surface area contributed by atoms with Gasteiger partial charge >= 0.3 is 0 Å². The number of fused-ring (bicyclic) bond motifs is 2. The highest BCUT2D eigenvalue weighted by atomic mass is 32.2. The third-order valence-electron chi connectivity index (χ3n) is 8.31. The first-order chi connectivity index (χ1) is 18.3. The number of aryl methyl sites for hydroxylation is 2. The lowest BCUT2D eigenvalue weighted by Gasteiger charge is -2.25. The fraction of sp³-hybridized carbons (Fsp3) is 0.241. The fourth-order valence-corrected chi connectivity index (χ4v) is 8.06. The average Bonchev–Trinajstić information content (AvgIpc) is 3.34. The van der Waals surface area contributed by atoms with E-state index in [1.165, 1.54) is 28.6 Å². The molecular weight excluding hydrogens is 501 g/mol. The van der Waals surface area contributed by atoms with Crippen molar-refractivity contribution >= 4 is 20.9 Å². The van der Waals surface area contributed by atoms with Crippen molar-refractivity contribution in [1.82, 2.24) is 23.9 Å². The number of hydrogen-bond acceptors (Lipinski definition) is 4. The molecule has 2 fully saturated rings. The molecule has 2 aliphatic rings. The predicted octanol–water partition coefficient (Wildman–Crippen LogP) is 4.56. The summed E-state index contributed by atoms with van der Waals surface area (Å²) < 4.78 is 45.5. The molecule has 9 heteroatoms. The van der Waals surface area contributed by atoms with E-state index in [0.29, 0.717) is 13.1 Å². The van der Waals surface area contributed by atoms with Crippen molar-refractivity contribution in [3.8, 4) is 5.69 Å². The van der Waals surface area contributed by atoms with Gasteiger partial charge in [0.25, 0.3) is 0 Å². The first-order valence-corrected chi connectivity index (χ1v) is 14.0. The number of rotatable bonds is 5. The van der Waals surface area contributed by atoms with E-state index < -0.39 is 10.0 Å². The highest BCUT2D eigenvalue weighted by molar-refractivity contribution is 7.89. The van der Waals surface area contributed by atoms with Gasteiger partial charge in [0.15, 0.2) is 0 Å². The summed E-state index contributed by atoms with van der Waals surface area (Å²) in [6, 6.07) is 21.0. The molecule has 0 amide bonds. The minimum atomic E-state index is -3.66. The maximum atomic E-state index is 13.5. The standard InChI is InChI=1S/C29H26FN5O2S/c1-19-12-27-21(14-32-35(27)23-10-8-22(30)9-11-23)13-25(19)29-18-34(38(36,37)24-15-31-33(2)16-24)17-26(29)28(29)20-6-4-3-5-7-20/h3-16,26,28H,17-18H2,1-2H3/t26-,28-,29+/m0/s1. The van der Waals surface area contributed by atoms with Crippen LogP contribution in [0.3, 0.4) is 0 Å². The summed E-state index contributed by atoms with van der Waals surface area (Å²) in [7, 11) is -1.94. The van der Waals surface area contributed by atoms with Gasteiger partial charge in [-0.1, -0.05) is 30.3 Å². The quantitative estimate of drug-likeness (QED) is 0.336. The molecule has 38 heavy (non-hydrogen) atoms. The lowest BCUT2D eigenvalue weighted by Crippen LogP contribution is -2.34. The number of piperidine rings is 1. The molecule has 3 heterocycles. The van der Waals surface area contributed by atoms with E-state index in [9.17, 15) is 12.8 Å². The van der Waals surface area contributed by atoms with Gasteiger partial charge in [-0.15, -0.1) is 0 Å². The molecule has 3 atom stereocenters. The van der Waals surface area contributed by atoms with Gasteiger partial charge < -0.3 is 0 Å². The van der Waals surface area contributed by atoms with E-state index in [1.807, 2.05) is 29.1 Å². The van der Waals surface area contributed by atoms with Crippen LogP contribution >= 0.6 is 0 Å². The Morgan fingerprint density at radius 2 is 1.76 bits per heavy atom. The Morgan fingerprint density at radius 1 is 1.00 bits per heavy atom. The summed E-state index contributed by atoms with van der Waals surface area (Å²) in [5.41, 5.74) is 4.87. The van der Waals surface area contributed by atoms with Crippen molar-refractivity contribution in [2.45, 2.75) is 23.2 Å². The first-order valence-electron chi connectivity index (χ1n) is 12.6. The zero-order valence-corrected chi connectivity index (χ0v) is 21.8. The van der Waals surface area contributed by atoms with Crippen LogP contribution in [0.15, 0.2) is 90.2 Å². The van der Waals surface area contributed by atoms with Crippen molar-refractivity contribution < 1.29 is 12.8 Å². The summed E-state index contributed by atoms with van der Waals surface area (Å²) >= 11 is 0. The zero-order chi connectivity index (χ0) is 26.2. The molecule has 2 aromatic heterocycles. The number of hydrogen-bond donors (Lipinski definition) is 0. The fourth-order valence-electron chi connectivity index (χ4n) is 6.55. The summed E-state index contributed by atoms with van der Waals surface area (Å²) in [6.07, 6.45) is 4.80. The van der Waals surface area contributed by atoms with Crippen molar-refractivity contribution in [3.05, 3.63) is 108 Å². The van der Waals surface area contributed by atoms with Crippen molar-refractivity contribution in [3.63, 3.8) is 0 Å². The average molecular weight is 528 g/mol. The molecule has 1 aliphatic heterocycles. The van der Waals surface area contributed by atoms with E-state index in [1.54, 1.807) is 29.7 Å². The lowest BCUT2D eigenvalue weighted by molar-refractivity contribution is 0.421. The van der Waals surface area contributed by atoms with E-state index in [4.69, 9.17) is 0 Å². The molecule has 3 aromatic carbocycles. The second kappa shape index (κ2) is 8.09. The maximum Gasteiger partial charge on any atom is 0.246 e.